The van der Waals surface area contributed by atoms with E-state index in [9.17, 15) is 9.59 Å². The average Bonchev–Trinajstić information content (AvgIpc) is 3.12. The molecule has 0 radical (unpaired) electrons. The molecule has 1 aromatic carbocycles. The number of hydrogen-bond acceptors (Lipinski definition) is 6. The maximum absolute atomic E-state index is 12.2. The van der Waals surface area contributed by atoms with E-state index in [4.69, 9.17) is 0 Å². The highest BCUT2D eigenvalue weighted by Crippen LogP contribution is 2.25. The first-order valence-corrected chi connectivity index (χ1v) is 9.65. The van der Waals surface area contributed by atoms with Crippen LogP contribution in [-0.4, -0.2) is 25.7 Å². The van der Waals surface area contributed by atoms with Gasteiger partial charge in [-0.05, 0) is 36.8 Å². The lowest BCUT2D eigenvalue weighted by atomic mass is 10.2. The molecule has 8 heteroatoms. The Hall–Kier alpha value is -3.39. The number of thiazole rings is 1. The fraction of sp³-hybridized carbons (Fsp3) is 0.150. The largest absolute Gasteiger partial charge is 0.302 e. The lowest BCUT2D eigenvalue weighted by Gasteiger charge is -2.07. The first-order valence-electron chi connectivity index (χ1n) is 8.83. The molecule has 4 rings (SSSR count). The Kier molecular flexibility index (Phi) is 5.20. The molecule has 28 heavy (non-hydrogen) atoms. The predicted molar refractivity (Wildman–Crippen MR) is 109 cm³/mol. The van der Waals surface area contributed by atoms with Crippen molar-refractivity contribution in [2.45, 2.75) is 19.4 Å². The van der Waals surface area contributed by atoms with Crippen molar-refractivity contribution >= 4 is 32.6 Å². The van der Waals surface area contributed by atoms with Gasteiger partial charge < -0.3 is 5.32 Å². The van der Waals surface area contributed by atoms with Gasteiger partial charge in [-0.25, -0.2) is 9.67 Å². The lowest BCUT2D eigenvalue weighted by Crippen LogP contribution is -2.23. The normalized spacial score (nSPS) is 10.9. The zero-order valence-corrected chi connectivity index (χ0v) is 15.7. The molecule has 0 saturated carbocycles. The smallest absolute Gasteiger partial charge is 0.266 e. The van der Waals surface area contributed by atoms with Crippen molar-refractivity contribution < 1.29 is 4.79 Å². The van der Waals surface area contributed by atoms with E-state index in [1.807, 2.05) is 36.4 Å². The quantitative estimate of drug-likeness (QED) is 0.544. The summed E-state index contributed by atoms with van der Waals surface area (Å²) in [7, 11) is 0. The fourth-order valence-corrected chi connectivity index (χ4v) is 3.66. The van der Waals surface area contributed by atoms with Crippen LogP contribution in [0.1, 0.15) is 12.8 Å². The molecule has 0 saturated heterocycles. The molecule has 1 N–H and O–H groups in total. The number of benzene rings is 1. The molecular weight excluding hydrogens is 374 g/mol. The Bertz CT molecular complexity index is 1140. The number of aryl methyl sites for hydroxylation is 1. The molecule has 3 heterocycles. The highest BCUT2D eigenvalue weighted by molar-refractivity contribution is 7.22. The number of nitrogens with zero attached hydrogens (tertiary/aromatic N) is 4. The molecule has 7 nitrogen and oxygen atoms in total. The SMILES string of the molecule is O=C(CCCn1nc(-c2ccncc2)ccc1=O)Nc1nc2ccccc2s1. The zero-order chi connectivity index (χ0) is 19.3. The van der Waals surface area contributed by atoms with Crippen molar-refractivity contribution in [1.82, 2.24) is 19.7 Å². The van der Waals surface area contributed by atoms with Gasteiger partial charge >= 0.3 is 0 Å². The van der Waals surface area contributed by atoms with Gasteiger partial charge in [0.2, 0.25) is 5.91 Å². The molecule has 4 aromatic rings. The Morgan fingerprint density at radius 3 is 2.71 bits per heavy atom. The summed E-state index contributed by atoms with van der Waals surface area (Å²) in [6, 6.07) is 14.6. The third kappa shape index (κ3) is 4.12. The van der Waals surface area contributed by atoms with Gasteiger partial charge in [-0.1, -0.05) is 23.5 Å². The van der Waals surface area contributed by atoms with Crippen molar-refractivity contribution in [2.75, 3.05) is 5.32 Å². The second-order valence-corrected chi connectivity index (χ2v) is 7.18. The lowest BCUT2D eigenvalue weighted by molar-refractivity contribution is -0.116. The molecule has 0 bridgehead atoms. The average molecular weight is 391 g/mol. The van der Waals surface area contributed by atoms with Crippen LogP contribution in [0.4, 0.5) is 5.13 Å². The minimum atomic E-state index is -0.190. The van der Waals surface area contributed by atoms with Gasteiger partial charge in [0.05, 0.1) is 15.9 Å². The van der Waals surface area contributed by atoms with Crippen LogP contribution in [0.3, 0.4) is 0 Å². The van der Waals surface area contributed by atoms with Crippen molar-refractivity contribution in [3.63, 3.8) is 0 Å². The number of hydrogen-bond donors (Lipinski definition) is 1. The minimum absolute atomic E-state index is 0.127. The maximum Gasteiger partial charge on any atom is 0.266 e. The van der Waals surface area contributed by atoms with E-state index in [2.05, 4.69) is 20.4 Å². The summed E-state index contributed by atoms with van der Waals surface area (Å²) in [5.74, 6) is -0.127. The Morgan fingerprint density at radius 1 is 1.07 bits per heavy atom. The number of aromatic nitrogens is 4. The molecule has 0 aliphatic carbocycles. The van der Waals surface area contributed by atoms with Crippen molar-refractivity contribution in [3.05, 3.63) is 71.3 Å². The Balaban J connectivity index is 1.36. The maximum atomic E-state index is 12.2. The van der Waals surface area contributed by atoms with Crippen LogP contribution in [0.5, 0.6) is 0 Å². The number of fused-ring (bicyclic) bond motifs is 1. The molecule has 0 fully saturated rings. The fourth-order valence-electron chi connectivity index (χ4n) is 2.78. The Morgan fingerprint density at radius 2 is 1.89 bits per heavy atom. The second kappa shape index (κ2) is 8.10. The zero-order valence-electron chi connectivity index (χ0n) is 14.9. The molecule has 0 atom stereocenters. The number of nitrogens with one attached hydrogen (secondary N) is 1. The van der Waals surface area contributed by atoms with E-state index < -0.39 is 0 Å². The van der Waals surface area contributed by atoms with E-state index in [-0.39, 0.29) is 17.9 Å². The minimum Gasteiger partial charge on any atom is -0.302 e. The van der Waals surface area contributed by atoms with E-state index in [1.54, 1.807) is 18.5 Å². The monoisotopic (exact) mass is 391 g/mol. The number of amides is 1. The molecule has 0 spiro atoms. The molecule has 1 amide bonds. The van der Waals surface area contributed by atoms with Crippen LogP contribution in [-0.2, 0) is 11.3 Å². The van der Waals surface area contributed by atoms with Crippen LogP contribution in [0, 0.1) is 0 Å². The van der Waals surface area contributed by atoms with Crippen molar-refractivity contribution in [2.24, 2.45) is 0 Å². The summed E-state index contributed by atoms with van der Waals surface area (Å²) in [5.41, 5.74) is 2.26. The number of anilines is 1. The number of carbonyl (C=O) groups excluding carboxylic acids is 1. The van der Waals surface area contributed by atoms with Crippen molar-refractivity contribution in [1.29, 1.82) is 0 Å². The van der Waals surface area contributed by atoms with Crippen LogP contribution < -0.4 is 10.9 Å². The highest BCUT2D eigenvalue weighted by atomic mass is 32.1. The van der Waals surface area contributed by atoms with Gasteiger partial charge in [0, 0.05) is 37.0 Å². The van der Waals surface area contributed by atoms with Crippen LogP contribution in [0.25, 0.3) is 21.5 Å². The third-order valence-corrected chi connectivity index (χ3v) is 5.11. The van der Waals surface area contributed by atoms with Crippen LogP contribution in [0.2, 0.25) is 0 Å². The molecule has 0 aliphatic heterocycles. The molecule has 140 valence electrons. The van der Waals surface area contributed by atoms with Gasteiger partial charge in [0.1, 0.15) is 0 Å². The standard InChI is InChI=1S/C20H17N5O2S/c26-18(23-20-22-16-4-1-2-5-17(16)28-20)6-3-13-25-19(27)8-7-15(24-25)14-9-11-21-12-10-14/h1-2,4-5,7-12H,3,6,13H2,(H,22,23,26). The number of para-hydroxylation sites is 1. The number of carbonyl (C=O) groups is 1. The molecular formula is C20H17N5O2S. The summed E-state index contributed by atoms with van der Waals surface area (Å²) in [4.78, 5) is 32.6. The molecule has 3 aromatic heterocycles. The van der Waals surface area contributed by atoms with Gasteiger partial charge in [-0.15, -0.1) is 0 Å². The van der Waals surface area contributed by atoms with Gasteiger partial charge in [0.25, 0.3) is 5.56 Å². The van der Waals surface area contributed by atoms with Crippen LogP contribution in [0.15, 0.2) is 65.7 Å². The van der Waals surface area contributed by atoms with Gasteiger partial charge in [-0.2, -0.15) is 5.10 Å². The van der Waals surface area contributed by atoms with E-state index >= 15 is 0 Å². The third-order valence-electron chi connectivity index (χ3n) is 4.16. The second-order valence-electron chi connectivity index (χ2n) is 6.15. The number of rotatable bonds is 6. The van der Waals surface area contributed by atoms with Crippen LogP contribution >= 0.6 is 11.3 Å². The summed E-state index contributed by atoms with van der Waals surface area (Å²) in [6.45, 7) is 0.366. The number of pyridine rings is 1. The summed E-state index contributed by atoms with van der Waals surface area (Å²) >= 11 is 1.44. The van der Waals surface area contributed by atoms with E-state index in [0.29, 0.717) is 23.8 Å². The van der Waals surface area contributed by atoms with Crippen molar-refractivity contribution in [3.8, 4) is 11.3 Å². The highest BCUT2D eigenvalue weighted by Gasteiger charge is 2.09. The van der Waals surface area contributed by atoms with E-state index in [0.717, 1.165) is 15.8 Å². The molecule has 0 unspecified atom stereocenters. The first kappa shape index (κ1) is 18.0. The summed E-state index contributed by atoms with van der Waals surface area (Å²) < 4.78 is 2.42. The molecule has 0 aliphatic rings. The topological polar surface area (TPSA) is 89.8 Å². The first-order chi connectivity index (χ1) is 13.7. The summed E-state index contributed by atoms with van der Waals surface area (Å²) in [5, 5.41) is 7.79. The summed E-state index contributed by atoms with van der Waals surface area (Å²) in [6.07, 6.45) is 4.14. The Labute approximate surface area is 164 Å². The van der Waals surface area contributed by atoms with E-state index in [1.165, 1.54) is 22.1 Å². The van der Waals surface area contributed by atoms with Gasteiger partial charge in [-0.3, -0.25) is 14.6 Å². The van der Waals surface area contributed by atoms with Gasteiger partial charge in [0.15, 0.2) is 5.13 Å². The predicted octanol–water partition coefficient (Wildman–Crippen LogP) is 3.33.